The Hall–Kier alpha value is -2.04. The number of oxime groups is 1. The van der Waals surface area contributed by atoms with Crippen molar-refractivity contribution in [1.82, 2.24) is 5.32 Å². The van der Waals surface area contributed by atoms with E-state index in [1.54, 1.807) is 0 Å². The van der Waals surface area contributed by atoms with Crippen LogP contribution in [0, 0.1) is 0 Å². The molecule has 1 atom stereocenters. The number of rotatable bonds is 5. The Balaban J connectivity index is 2.16. The third-order valence-electron chi connectivity index (χ3n) is 4.34. The van der Waals surface area contributed by atoms with Gasteiger partial charge in [-0.1, -0.05) is 43.3 Å². The Morgan fingerprint density at radius 2 is 2.10 bits per heavy atom. The first-order chi connectivity index (χ1) is 9.57. The number of amidine groups is 1. The standard InChI is InChI=1S/C15H21N3O2/c1-3-15(4-2,14(16)18-20)17-13(19)12-9-10-7-5-6-8-11(10)12/h5-8,12,20H,3-4,9H2,1-2H3,(H2,16,18)(H,17,19). The fourth-order valence-electron chi connectivity index (χ4n) is 2.76. The fraction of sp³-hybridized carbons (Fsp3) is 0.467. The Morgan fingerprint density at radius 1 is 1.45 bits per heavy atom. The van der Waals surface area contributed by atoms with E-state index in [4.69, 9.17) is 10.9 Å². The maximum absolute atomic E-state index is 12.4. The minimum absolute atomic E-state index is 0.0565. The van der Waals surface area contributed by atoms with Crippen molar-refractivity contribution in [3.05, 3.63) is 35.4 Å². The van der Waals surface area contributed by atoms with Crippen molar-refractivity contribution in [2.45, 2.75) is 44.6 Å². The van der Waals surface area contributed by atoms with Gasteiger partial charge in [-0.15, -0.1) is 0 Å². The van der Waals surface area contributed by atoms with Gasteiger partial charge in [-0.2, -0.15) is 0 Å². The SMILES string of the molecule is CCC(CC)(NC(=O)C1Cc2ccccc21)C(N)=NO. The molecule has 1 unspecified atom stereocenters. The predicted molar refractivity (Wildman–Crippen MR) is 77.8 cm³/mol. The molecule has 0 saturated heterocycles. The average Bonchev–Trinajstić information content (AvgIpc) is 2.45. The molecule has 20 heavy (non-hydrogen) atoms. The molecule has 108 valence electrons. The molecule has 0 spiro atoms. The van der Waals surface area contributed by atoms with Gasteiger partial charge in [-0.25, -0.2) is 0 Å². The van der Waals surface area contributed by atoms with Crippen molar-refractivity contribution >= 4 is 11.7 Å². The fourth-order valence-corrected chi connectivity index (χ4v) is 2.76. The number of nitrogens with one attached hydrogen (secondary N) is 1. The Morgan fingerprint density at radius 3 is 2.65 bits per heavy atom. The number of amides is 1. The maximum atomic E-state index is 12.4. The van der Waals surface area contributed by atoms with E-state index in [-0.39, 0.29) is 17.7 Å². The van der Waals surface area contributed by atoms with E-state index in [0.29, 0.717) is 12.8 Å². The molecule has 1 amide bonds. The molecule has 1 aliphatic carbocycles. The van der Waals surface area contributed by atoms with Gasteiger partial charge < -0.3 is 16.3 Å². The summed E-state index contributed by atoms with van der Waals surface area (Å²) in [4.78, 5) is 12.4. The lowest BCUT2D eigenvalue weighted by molar-refractivity contribution is -0.124. The van der Waals surface area contributed by atoms with E-state index < -0.39 is 5.54 Å². The van der Waals surface area contributed by atoms with Gasteiger partial charge in [0.1, 0.15) is 5.54 Å². The van der Waals surface area contributed by atoms with Gasteiger partial charge in [0.05, 0.1) is 5.92 Å². The molecule has 5 nitrogen and oxygen atoms in total. The monoisotopic (exact) mass is 275 g/mol. The molecule has 0 radical (unpaired) electrons. The summed E-state index contributed by atoms with van der Waals surface area (Å²) in [5, 5.41) is 15.0. The van der Waals surface area contributed by atoms with Crippen molar-refractivity contribution < 1.29 is 10.0 Å². The molecule has 1 aromatic rings. The molecule has 2 rings (SSSR count). The second-order valence-electron chi connectivity index (χ2n) is 5.22. The highest BCUT2D eigenvalue weighted by molar-refractivity contribution is 5.96. The lowest BCUT2D eigenvalue weighted by Gasteiger charge is -2.36. The number of benzene rings is 1. The van der Waals surface area contributed by atoms with Gasteiger partial charge in [-0.05, 0) is 30.4 Å². The number of hydrogen-bond acceptors (Lipinski definition) is 3. The Bertz CT molecular complexity index is 536. The van der Waals surface area contributed by atoms with Gasteiger partial charge in [0.25, 0.3) is 0 Å². The zero-order valence-electron chi connectivity index (χ0n) is 11.9. The first-order valence-electron chi connectivity index (χ1n) is 6.95. The first-order valence-corrected chi connectivity index (χ1v) is 6.95. The van der Waals surface area contributed by atoms with Crippen LogP contribution in [0.4, 0.5) is 0 Å². The lowest BCUT2D eigenvalue weighted by Crippen LogP contribution is -2.58. The van der Waals surface area contributed by atoms with Gasteiger partial charge in [-0.3, -0.25) is 4.79 Å². The number of carbonyl (C=O) groups excluding carboxylic acids is 1. The summed E-state index contributed by atoms with van der Waals surface area (Å²) >= 11 is 0. The molecule has 1 aliphatic rings. The predicted octanol–water partition coefficient (Wildman–Crippen LogP) is 1.75. The first kappa shape index (κ1) is 14.4. The molecular weight excluding hydrogens is 254 g/mol. The van der Waals surface area contributed by atoms with Crippen molar-refractivity contribution in [1.29, 1.82) is 0 Å². The lowest BCUT2D eigenvalue weighted by atomic mass is 9.76. The number of carbonyl (C=O) groups is 1. The topological polar surface area (TPSA) is 87.7 Å². The molecule has 0 heterocycles. The van der Waals surface area contributed by atoms with E-state index in [2.05, 4.69) is 10.5 Å². The van der Waals surface area contributed by atoms with Crippen LogP contribution in [0.5, 0.6) is 0 Å². The molecule has 5 heteroatoms. The van der Waals surface area contributed by atoms with Crippen LogP contribution in [0.1, 0.15) is 43.7 Å². The molecular formula is C15H21N3O2. The van der Waals surface area contributed by atoms with Crippen LogP contribution in [-0.4, -0.2) is 22.5 Å². The summed E-state index contributed by atoms with van der Waals surface area (Å²) in [6.45, 7) is 3.83. The molecule has 4 N–H and O–H groups in total. The zero-order valence-corrected chi connectivity index (χ0v) is 11.9. The summed E-state index contributed by atoms with van der Waals surface area (Å²) < 4.78 is 0. The molecule has 0 aromatic heterocycles. The van der Waals surface area contributed by atoms with Crippen LogP contribution < -0.4 is 11.1 Å². The largest absolute Gasteiger partial charge is 0.409 e. The molecule has 0 bridgehead atoms. The zero-order chi connectivity index (χ0) is 14.8. The van der Waals surface area contributed by atoms with Gasteiger partial charge >= 0.3 is 0 Å². The minimum atomic E-state index is -0.767. The maximum Gasteiger partial charge on any atom is 0.228 e. The number of hydrogen-bond donors (Lipinski definition) is 3. The van der Waals surface area contributed by atoms with Gasteiger partial charge in [0.2, 0.25) is 5.91 Å². The normalized spacial score (nSPS) is 18.1. The number of fused-ring (bicyclic) bond motifs is 1. The van der Waals surface area contributed by atoms with E-state index in [0.717, 1.165) is 12.0 Å². The van der Waals surface area contributed by atoms with Crippen LogP contribution >= 0.6 is 0 Å². The van der Waals surface area contributed by atoms with Crippen molar-refractivity contribution in [2.75, 3.05) is 0 Å². The van der Waals surface area contributed by atoms with Crippen LogP contribution in [0.15, 0.2) is 29.4 Å². The summed E-state index contributed by atoms with van der Waals surface area (Å²) in [5.74, 6) is -0.127. The highest BCUT2D eigenvalue weighted by atomic mass is 16.4. The van der Waals surface area contributed by atoms with Crippen molar-refractivity contribution in [3.8, 4) is 0 Å². The molecule has 1 aromatic carbocycles. The van der Waals surface area contributed by atoms with Crippen molar-refractivity contribution in [2.24, 2.45) is 10.9 Å². The van der Waals surface area contributed by atoms with Crippen LogP contribution in [0.3, 0.4) is 0 Å². The Kier molecular flexibility index (Phi) is 3.97. The highest BCUT2D eigenvalue weighted by Crippen LogP contribution is 2.35. The summed E-state index contributed by atoms with van der Waals surface area (Å²) in [6, 6.07) is 7.93. The van der Waals surface area contributed by atoms with Crippen LogP contribution in [0.25, 0.3) is 0 Å². The highest BCUT2D eigenvalue weighted by Gasteiger charge is 2.38. The molecule has 0 saturated carbocycles. The minimum Gasteiger partial charge on any atom is -0.409 e. The summed E-state index contributed by atoms with van der Waals surface area (Å²) in [6.07, 6.45) is 1.92. The van der Waals surface area contributed by atoms with Crippen molar-refractivity contribution in [3.63, 3.8) is 0 Å². The summed E-state index contributed by atoms with van der Waals surface area (Å²) in [5.41, 5.74) is 7.29. The third-order valence-corrected chi connectivity index (χ3v) is 4.34. The smallest absolute Gasteiger partial charge is 0.228 e. The molecule has 0 fully saturated rings. The quantitative estimate of drug-likeness (QED) is 0.331. The van der Waals surface area contributed by atoms with Crippen LogP contribution in [-0.2, 0) is 11.2 Å². The summed E-state index contributed by atoms with van der Waals surface area (Å²) in [7, 11) is 0. The van der Waals surface area contributed by atoms with E-state index in [1.165, 1.54) is 5.56 Å². The number of nitrogens with two attached hydrogens (primary N) is 1. The van der Waals surface area contributed by atoms with Crippen LogP contribution in [0.2, 0.25) is 0 Å². The van der Waals surface area contributed by atoms with E-state index >= 15 is 0 Å². The third kappa shape index (κ3) is 2.24. The molecule has 0 aliphatic heterocycles. The van der Waals surface area contributed by atoms with Gasteiger partial charge in [0.15, 0.2) is 5.84 Å². The average molecular weight is 275 g/mol. The van der Waals surface area contributed by atoms with E-state index in [9.17, 15) is 4.79 Å². The number of nitrogens with zero attached hydrogens (tertiary/aromatic N) is 1. The second-order valence-corrected chi connectivity index (χ2v) is 5.22. The second kappa shape index (κ2) is 5.53. The Labute approximate surface area is 118 Å². The van der Waals surface area contributed by atoms with Gasteiger partial charge in [0, 0.05) is 0 Å². The van der Waals surface area contributed by atoms with E-state index in [1.807, 2.05) is 38.1 Å².